The van der Waals surface area contributed by atoms with E-state index in [0.29, 0.717) is 11.6 Å². The molecule has 0 saturated carbocycles. The zero-order valence-corrected chi connectivity index (χ0v) is 12.0. The van der Waals surface area contributed by atoms with Crippen LogP contribution >= 0.6 is 11.6 Å². The Bertz CT molecular complexity index is 638. The summed E-state index contributed by atoms with van der Waals surface area (Å²) in [6.45, 7) is 0.658. The zero-order chi connectivity index (χ0) is 14.1. The first-order valence-electron chi connectivity index (χ1n) is 6.54. The van der Waals surface area contributed by atoms with E-state index in [1.807, 2.05) is 30.3 Å². The lowest BCUT2D eigenvalue weighted by molar-refractivity contribution is 0.357. The zero-order valence-electron chi connectivity index (χ0n) is 11.3. The second kappa shape index (κ2) is 5.41. The predicted molar refractivity (Wildman–Crippen MR) is 81.8 cm³/mol. The Labute approximate surface area is 125 Å². The molecule has 4 heteroatoms. The third kappa shape index (κ3) is 2.38. The van der Waals surface area contributed by atoms with E-state index >= 15 is 0 Å². The molecule has 0 atom stereocenters. The maximum absolute atomic E-state index is 6.43. The summed E-state index contributed by atoms with van der Waals surface area (Å²) in [6.07, 6.45) is 1.56. The van der Waals surface area contributed by atoms with Crippen LogP contribution < -0.4 is 14.9 Å². The van der Waals surface area contributed by atoms with Crippen LogP contribution in [0.2, 0.25) is 5.02 Å². The fourth-order valence-corrected chi connectivity index (χ4v) is 2.79. The van der Waals surface area contributed by atoms with Gasteiger partial charge >= 0.3 is 0 Å². The van der Waals surface area contributed by atoms with Crippen LogP contribution in [-0.4, -0.2) is 21.6 Å². The SMILES string of the molecule is [B]c1cc(Cc2ccc(OC)cc2)c(Cl)c2c1CCO2. The molecule has 0 aromatic heterocycles. The molecule has 0 saturated heterocycles. The molecule has 2 aromatic rings. The summed E-state index contributed by atoms with van der Waals surface area (Å²) in [5.41, 5.74) is 3.96. The Balaban J connectivity index is 1.92. The lowest BCUT2D eigenvalue weighted by Gasteiger charge is -2.12. The van der Waals surface area contributed by atoms with E-state index < -0.39 is 0 Å². The second-order valence-electron chi connectivity index (χ2n) is 4.87. The minimum Gasteiger partial charge on any atom is -0.497 e. The van der Waals surface area contributed by atoms with E-state index in [9.17, 15) is 0 Å². The fourth-order valence-electron chi connectivity index (χ4n) is 2.50. The van der Waals surface area contributed by atoms with E-state index in [0.717, 1.165) is 46.5 Å². The van der Waals surface area contributed by atoms with Crippen molar-refractivity contribution in [2.24, 2.45) is 0 Å². The molecule has 0 N–H and O–H groups in total. The molecule has 1 aliphatic heterocycles. The van der Waals surface area contributed by atoms with Gasteiger partial charge in [0.1, 0.15) is 19.3 Å². The first kappa shape index (κ1) is 13.4. The molecule has 2 radical (unpaired) electrons. The summed E-state index contributed by atoms with van der Waals surface area (Å²) in [5.74, 6) is 1.60. The summed E-state index contributed by atoms with van der Waals surface area (Å²) in [4.78, 5) is 0. The average Bonchev–Trinajstić information content (AvgIpc) is 2.95. The topological polar surface area (TPSA) is 18.5 Å². The van der Waals surface area contributed by atoms with Crippen molar-refractivity contribution in [1.82, 2.24) is 0 Å². The molecule has 0 spiro atoms. The Kier molecular flexibility index (Phi) is 3.62. The summed E-state index contributed by atoms with van der Waals surface area (Å²) in [5, 5.41) is 0.683. The van der Waals surface area contributed by atoms with E-state index in [1.165, 1.54) is 0 Å². The van der Waals surface area contributed by atoms with Crippen molar-refractivity contribution in [3.05, 3.63) is 52.0 Å². The molecule has 0 amide bonds. The standard InChI is InChI=1S/C16H14BClO2/c1-19-12-4-2-10(3-5-12)8-11-9-14(17)13-6-7-20-16(13)15(11)18/h2-5,9H,6-8H2,1H3. The number of rotatable bonds is 3. The minimum atomic E-state index is 0.658. The van der Waals surface area contributed by atoms with E-state index in [4.69, 9.17) is 28.9 Å². The van der Waals surface area contributed by atoms with Crippen LogP contribution in [0.1, 0.15) is 16.7 Å². The summed E-state index contributed by atoms with van der Waals surface area (Å²) < 4.78 is 10.7. The number of benzene rings is 2. The Hall–Kier alpha value is -1.61. The minimum absolute atomic E-state index is 0.658. The van der Waals surface area contributed by atoms with E-state index in [2.05, 4.69) is 0 Å². The highest BCUT2D eigenvalue weighted by Gasteiger charge is 2.20. The third-order valence-electron chi connectivity index (χ3n) is 3.59. The molecule has 2 nitrogen and oxygen atoms in total. The van der Waals surface area contributed by atoms with Crippen molar-refractivity contribution in [1.29, 1.82) is 0 Å². The maximum Gasteiger partial charge on any atom is 0.140 e. The first-order valence-corrected chi connectivity index (χ1v) is 6.92. The van der Waals surface area contributed by atoms with Gasteiger partial charge in [-0.25, -0.2) is 0 Å². The highest BCUT2D eigenvalue weighted by molar-refractivity contribution is 6.37. The van der Waals surface area contributed by atoms with Gasteiger partial charge in [-0.2, -0.15) is 0 Å². The van der Waals surface area contributed by atoms with Gasteiger partial charge in [-0.1, -0.05) is 35.3 Å². The summed E-state index contributed by atoms with van der Waals surface area (Å²) >= 11 is 6.43. The molecular weight excluding hydrogens is 270 g/mol. The van der Waals surface area contributed by atoms with Gasteiger partial charge in [0.2, 0.25) is 0 Å². The second-order valence-corrected chi connectivity index (χ2v) is 5.25. The number of hydrogen-bond acceptors (Lipinski definition) is 2. The Morgan fingerprint density at radius 3 is 2.75 bits per heavy atom. The normalized spacial score (nSPS) is 12.9. The number of halogens is 1. The number of fused-ring (bicyclic) bond motifs is 1. The average molecular weight is 285 g/mol. The molecule has 1 heterocycles. The molecule has 0 bridgehead atoms. The molecule has 3 rings (SSSR count). The maximum atomic E-state index is 6.43. The molecule has 100 valence electrons. The van der Waals surface area contributed by atoms with Crippen LogP contribution in [0.15, 0.2) is 30.3 Å². The van der Waals surface area contributed by atoms with Crippen LogP contribution in [0, 0.1) is 0 Å². The Morgan fingerprint density at radius 1 is 1.30 bits per heavy atom. The van der Waals surface area contributed by atoms with Crippen molar-refractivity contribution in [2.75, 3.05) is 13.7 Å². The summed E-state index contributed by atoms with van der Waals surface area (Å²) in [6, 6.07) is 9.89. The number of methoxy groups -OCH3 is 1. The van der Waals surface area contributed by atoms with Crippen molar-refractivity contribution in [2.45, 2.75) is 12.8 Å². The smallest absolute Gasteiger partial charge is 0.140 e. The van der Waals surface area contributed by atoms with Crippen molar-refractivity contribution in [3.63, 3.8) is 0 Å². The van der Waals surface area contributed by atoms with Crippen molar-refractivity contribution < 1.29 is 9.47 Å². The monoisotopic (exact) mass is 284 g/mol. The predicted octanol–water partition coefficient (Wildman–Crippen LogP) is 2.67. The highest BCUT2D eigenvalue weighted by Crippen LogP contribution is 2.35. The highest BCUT2D eigenvalue weighted by atomic mass is 35.5. The fraction of sp³-hybridized carbons (Fsp3) is 0.250. The summed E-state index contributed by atoms with van der Waals surface area (Å²) in [7, 11) is 7.74. The third-order valence-corrected chi connectivity index (χ3v) is 4.00. The lowest BCUT2D eigenvalue weighted by Crippen LogP contribution is -2.10. The Morgan fingerprint density at radius 2 is 2.05 bits per heavy atom. The van der Waals surface area contributed by atoms with Gasteiger partial charge in [0.25, 0.3) is 0 Å². The van der Waals surface area contributed by atoms with Gasteiger partial charge in [0.05, 0.1) is 18.7 Å². The van der Waals surface area contributed by atoms with Gasteiger partial charge in [0.15, 0.2) is 0 Å². The lowest BCUT2D eigenvalue weighted by atomic mass is 9.86. The van der Waals surface area contributed by atoms with Crippen LogP contribution in [0.4, 0.5) is 0 Å². The van der Waals surface area contributed by atoms with Gasteiger partial charge in [-0.3, -0.25) is 0 Å². The van der Waals surface area contributed by atoms with Crippen molar-refractivity contribution >= 4 is 24.9 Å². The van der Waals surface area contributed by atoms with Crippen LogP contribution in [0.25, 0.3) is 0 Å². The molecule has 0 unspecified atom stereocenters. The largest absolute Gasteiger partial charge is 0.497 e. The molecular formula is C16H14BClO2. The molecule has 0 aliphatic carbocycles. The van der Waals surface area contributed by atoms with Gasteiger partial charge < -0.3 is 9.47 Å². The molecule has 20 heavy (non-hydrogen) atoms. The van der Waals surface area contributed by atoms with E-state index in [-0.39, 0.29) is 0 Å². The quantitative estimate of drug-likeness (QED) is 0.807. The molecule has 2 aromatic carbocycles. The van der Waals surface area contributed by atoms with Crippen LogP contribution in [-0.2, 0) is 12.8 Å². The van der Waals surface area contributed by atoms with Crippen LogP contribution in [0.3, 0.4) is 0 Å². The van der Waals surface area contributed by atoms with Gasteiger partial charge in [0, 0.05) is 6.42 Å². The van der Waals surface area contributed by atoms with E-state index in [1.54, 1.807) is 7.11 Å². The van der Waals surface area contributed by atoms with Crippen LogP contribution in [0.5, 0.6) is 11.5 Å². The molecule has 1 aliphatic rings. The number of hydrogen-bond donors (Lipinski definition) is 0. The molecule has 0 fully saturated rings. The van der Waals surface area contributed by atoms with Gasteiger partial charge in [-0.15, -0.1) is 0 Å². The van der Waals surface area contributed by atoms with Gasteiger partial charge in [-0.05, 0) is 35.2 Å². The first-order chi connectivity index (χ1) is 9.69. The number of ether oxygens (including phenoxy) is 2. The van der Waals surface area contributed by atoms with Crippen molar-refractivity contribution in [3.8, 4) is 11.5 Å².